The molecule has 0 N–H and O–H groups in total. The second-order valence-electron chi connectivity index (χ2n) is 5.68. The van der Waals surface area contributed by atoms with Crippen molar-refractivity contribution < 1.29 is 23.5 Å². The van der Waals surface area contributed by atoms with Crippen molar-refractivity contribution in [1.82, 2.24) is 0 Å². The first-order valence-electron chi connectivity index (χ1n) is 7.99. The van der Waals surface area contributed by atoms with Crippen LogP contribution in [0.4, 0.5) is 32.5 Å². The molecule has 27 heavy (non-hydrogen) atoms. The molecule has 2 aromatic carbocycles. The average molecular weight is 366 g/mol. The number of anilines is 4. The molecular formula is C19H14N2O6. The Labute approximate surface area is 153 Å². The quantitative estimate of drug-likeness (QED) is 0.599. The summed E-state index contributed by atoms with van der Waals surface area (Å²) < 4.78 is 15.6. The highest BCUT2D eigenvalue weighted by Gasteiger charge is 2.40. The third kappa shape index (κ3) is 2.34. The molecule has 0 bridgehead atoms. The van der Waals surface area contributed by atoms with Gasteiger partial charge >= 0.3 is 12.2 Å². The van der Waals surface area contributed by atoms with E-state index in [2.05, 4.69) is 0 Å². The monoisotopic (exact) mass is 366 g/mol. The highest BCUT2D eigenvalue weighted by Crippen LogP contribution is 2.47. The maximum absolute atomic E-state index is 13.2. The summed E-state index contributed by atoms with van der Waals surface area (Å²) in [7, 11) is 2.43. The minimum Gasteiger partial charge on any atom is -0.452 e. The number of hydrogen-bond acceptors (Lipinski definition) is 6. The average Bonchev–Trinajstić information content (AvgIpc) is 2.71. The first-order valence-corrected chi connectivity index (χ1v) is 7.99. The molecule has 0 saturated carbocycles. The van der Waals surface area contributed by atoms with Crippen molar-refractivity contribution in [2.45, 2.75) is 0 Å². The summed E-state index contributed by atoms with van der Waals surface area (Å²) in [4.78, 5) is 40.4. The van der Waals surface area contributed by atoms with Gasteiger partial charge in [-0.05, 0) is 24.3 Å². The molecule has 3 aromatic rings. The molecule has 0 atom stereocenters. The molecule has 0 radical (unpaired) electrons. The number of benzene rings is 2. The van der Waals surface area contributed by atoms with Crippen LogP contribution in [-0.4, -0.2) is 26.4 Å². The molecule has 2 heterocycles. The van der Waals surface area contributed by atoms with Gasteiger partial charge in [-0.25, -0.2) is 19.4 Å². The van der Waals surface area contributed by atoms with Crippen LogP contribution in [0, 0.1) is 0 Å². The number of methoxy groups -OCH3 is 2. The summed E-state index contributed by atoms with van der Waals surface area (Å²) in [6.07, 6.45) is -1.54. The summed E-state index contributed by atoms with van der Waals surface area (Å²) in [5.74, 6) is -0.116. The van der Waals surface area contributed by atoms with Crippen molar-refractivity contribution in [2.24, 2.45) is 0 Å². The second-order valence-corrected chi connectivity index (χ2v) is 5.68. The molecule has 1 aliphatic heterocycles. The maximum Gasteiger partial charge on any atom is 0.421 e. The van der Waals surface area contributed by atoms with Crippen LogP contribution in [0.5, 0.6) is 0 Å². The van der Waals surface area contributed by atoms with Gasteiger partial charge in [-0.3, -0.25) is 4.79 Å². The van der Waals surface area contributed by atoms with Crippen LogP contribution in [-0.2, 0) is 9.47 Å². The fourth-order valence-electron chi connectivity index (χ4n) is 3.09. The van der Waals surface area contributed by atoms with Crippen LogP contribution in [0.15, 0.2) is 57.7 Å². The summed E-state index contributed by atoms with van der Waals surface area (Å²) >= 11 is 0. The van der Waals surface area contributed by atoms with Gasteiger partial charge in [0.05, 0.1) is 31.0 Å². The van der Waals surface area contributed by atoms with Gasteiger partial charge in [0, 0.05) is 0 Å². The van der Waals surface area contributed by atoms with Gasteiger partial charge in [0.15, 0.2) is 5.69 Å². The minimum atomic E-state index is -0.782. The Hall–Kier alpha value is -3.81. The number of fused-ring (bicyclic) bond motifs is 3. The van der Waals surface area contributed by atoms with Gasteiger partial charge in [0.25, 0.3) is 0 Å². The van der Waals surface area contributed by atoms with Gasteiger partial charge in [-0.2, -0.15) is 0 Å². The number of amides is 2. The lowest BCUT2D eigenvalue weighted by molar-refractivity contribution is 0.178. The van der Waals surface area contributed by atoms with Crippen LogP contribution in [0.25, 0.3) is 11.0 Å². The van der Waals surface area contributed by atoms with Crippen molar-refractivity contribution in [1.29, 1.82) is 0 Å². The normalized spacial score (nSPS) is 12.4. The van der Waals surface area contributed by atoms with E-state index in [1.807, 2.05) is 0 Å². The van der Waals surface area contributed by atoms with Crippen molar-refractivity contribution in [3.63, 3.8) is 0 Å². The number of nitrogens with zero attached hydrogens (tertiary/aromatic N) is 2. The Balaban J connectivity index is 2.15. The van der Waals surface area contributed by atoms with Crippen molar-refractivity contribution in [3.8, 4) is 0 Å². The second kappa shape index (κ2) is 6.17. The zero-order valence-electron chi connectivity index (χ0n) is 14.5. The van der Waals surface area contributed by atoms with E-state index in [1.54, 1.807) is 48.5 Å². The Kier molecular flexibility index (Phi) is 3.80. The first kappa shape index (κ1) is 16.6. The number of ether oxygens (including phenoxy) is 2. The third-order valence-corrected chi connectivity index (χ3v) is 4.26. The number of carbonyl (C=O) groups excluding carboxylic acids is 2. The Morgan fingerprint density at radius 2 is 1.41 bits per heavy atom. The first-order chi connectivity index (χ1) is 13.1. The SMILES string of the molecule is COC(=O)N1c2ccccc2N(C(=O)OC)c2c1oc1ccccc1c2=O. The molecule has 0 saturated heterocycles. The lowest BCUT2D eigenvalue weighted by atomic mass is 10.1. The van der Waals surface area contributed by atoms with E-state index in [4.69, 9.17) is 13.9 Å². The van der Waals surface area contributed by atoms with Crippen molar-refractivity contribution in [2.75, 3.05) is 24.0 Å². The molecule has 0 aliphatic carbocycles. The van der Waals surface area contributed by atoms with Gasteiger partial charge in [-0.1, -0.05) is 24.3 Å². The van der Waals surface area contributed by atoms with E-state index in [0.717, 1.165) is 9.80 Å². The Morgan fingerprint density at radius 3 is 2.07 bits per heavy atom. The molecule has 0 unspecified atom stereocenters. The maximum atomic E-state index is 13.2. The predicted molar refractivity (Wildman–Crippen MR) is 98.0 cm³/mol. The number of hydrogen-bond donors (Lipinski definition) is 0. The Bertz CT molecular complexity index is 1140. The zero-order valence-corrected chi connectivity index (χ0v) is 14.5. The van der Waals surface area contributed by atoms with E-state index < -0.39 is 17.6 Å². The molecular weight excluding hydrogens is 352 g/mol. The van der Waals surface area contributed by atoms with Crippen LogP contribution in [0.2, 0.25) is 0 Å². The number of carbonyl (C=O) groups is 2. The van der Waals surface area contributed by atoms with Gasteiger partial charge < -0.3 is 13.9 Å². The zero-order chi connectivity index (χ0) is 19.1. The summed E-state index contributed by atoms with van der Waals surface area (Å²) in [5, 5.41) is 0.273. The van der Waals surface area contributed by atoms with Crippen LogP contribution in [0.1, 0.15) is 0 Å². The topological polar surface area (TPSA) is 89.3 Å². The van der Waals surface area contributed by atoms with Crippen LogP contribution < -0.4 is 15.2 Å². The number of para-hydroxylation sites is 3. The van der Waals surface area contributed by atoms with Gasteiger partial charge in [0.1, 0.15) is 5.58 Å². The van der Waals surface area contributed by atoms with Crippen LogP contribution in [0.3, 0.4) is 0 Å². The fraction of sp³-hybridized carbons (Fsp3) is 0.105. The lowest BCUT2D eigenvalue weighted by Gasteiger charge is -2.34. The fourth-order valence-corrected chi connectivity index (χ4v) is 3.09. The Morgan fingerprint density at radius 1 is 0.852 bits per heavy atom. The van der Waals surface area contributed by atoms with Crippen molar-refractivity contribution >= 4 is 46.1 Å². The van der Waals surface area contributed by atoms with Crippen molar-refractivity contribution in [3.05, 3.63) is 58.8 Å². The molecule has 8 heteroatoms. The molecule has 0 spiro atoms. The summed E-state index contributed by atoms with van der Waals surface area (Å²) in [6.45, 7) is 0. The van der Waals surface area contributed by atoms with Gasteiger partial charge in [-0.15, -0.1) is 0 Å². The van der Waals surface area contributed by atoms with E-state index in [9.17, 15) is 14.4 Å². The third-order valence-electron chi connectivity index (χ3n) is 4.26. The molecule has 8 nitrogen and oxygen atoms in total. The minimum absolute atomic E-state index is 0.116. The van der Waals surface area contributed by atoms with Crippen LogP contribution >= 0.6 is 0 Å². The predicted octanol–water partition coefficient (Wildman–Crippen LogP) is 3.92. The molecule has 0 fully saturated rings. The molecule has 136 valence electrons. The molecule has 4 rings (SSSR count). The van der Waals surface area contributed by atoms with E-state index in [-0.39, 0.29) is 22.5 Å². The summed E-state index contributed by atoms with van der Waals surface area (Å²) in [6, 6.07) is 13.2. The highest BCUT2D eigenvalue weighted by molar-refractivity contribution is 6.13. The standard InChI is InChI=1S/C19H14N2O6/c1-25-18(23)20-12-8-4-5-9-13(12)21(19(24)26-2)17-15(20)16(22)11-7-3-6-10-14(11)27-17/h3-10H,1-2H3. The van der Waals surface area contributed by atoms with E-state index in [1.165, 1.54) is 14.2 Å². The molecule has 1 aliphatic rings. The highest BCUT2D eigenvalue weighted by atomic mass is 16.6. The molecule has 2 amide bonds. The molecule has 1 aromatic heterocycles. The van der Waals surface area contributed by atoms with E-state index in [0.29, 0.717) is 11.4 Å². The van der Waals surface area contributed by atoms with Gasteiger partial charge in [0.2, 0.25) is 11.3 Å². The smallest absolute Gasteiger partial charge is 0.421 e. The largest absolute Gasteiger partial charge is 0.452 e. The van der Waals surface area contributed by atoms with E-state index >= 15 is 0 Å². The summed E-state index contributed by atoms with van der Waals surface area (Å²) in [5.41, 5.74) is 0.301. The number of rotatable bonds is 0. The lowest BCUT2D eigenvalue weighted by Crippen LogP contribution is -2.39.